The van der Waals surface area contributed by atoms with Gasteiger partial charge >= 0.3 is 12.0 Å². The largest absolute Gasteiger partial charge is 0.481 e. The van der Waals surface area contributed by atoms with Crippen molar-refractivity contribution in [2.75, 3.05) is 19.6 Å². The summed E-state index contributed by atoms with van der Waals surface area (Å²) in [5.74, 6) is -0.197. The van der Waals surface area contributed by atoms with Crippen LogP contribution >= 0.6 is 0 Å². The highest BCUT2D eigenvalue weighted by molar-refractivity contribution is 5.74. The molecule has 1 fully saturated rings. The Morgan fingerprint density at radius 1 is 1.47 bits per heavy atom. The molecule has 2 amide bonds. The summed E-state index contributed by atoms with van der Waals surface area (Å²) in [6.45, 7) is 4.25. The van der Waals surface area contributed by atoms with Gasteiger partial charge in [-0.15, -0.1) is 0 Å². The summed E-state index contributed by atoms with van der Waals surface area (Å²) in [4.78, 5) is 23.9. The first-order valence-electron chi connectivity index (χ1n) is 6.38. The molecule has 1 unspecified atom stereocenters. The summed E-state index contributed by atoms with van der Waals surface area (Å²) in [6, 6.07) is -0.0476. The summed E-state index contributed by atoms with van der Waals surface area (Å²) >= 11 is 0. The van der Waals surface area contributed by atoms with E-state index in [9.17, 15) is 9.59 Å². The highest BCUT2D eigenvalue weighted by Gasteiger charge is 2.21. The quantitative estimate of drug-likeness (QED) is 0.721. The molecule has 0 aliphatic carbocycles. The van der Waals surface area contributed by atoms with E-state index in [2.05, 4.69) is 12.2 Å². The van der Waals surface area contributed by atoms with E-state index in [0.29, 0.717) is 18.9 Å². The minimum absolute atomic E-state index is 0.0476. The van der Waals surface area contributed by atoms with Crippen LogP contribution in [0.1, 0.15) is 39.0 Å². The van der Waals surface area contributed by atoms with Crippen LogP contribution in [0.25, 0.3) is 0 Å². The third-order valence-corrected chi connectivity index (χ3v) is 3.23. The lowest BCUT2D eigenvalue weighted by molar-refractivity contribution is -0.137. The number of piperidine rings is 1. The minimum Gasteiger partial charge on any atom is -0.481 e. The fraction of sp³-hybridized carbons (Fsp3) is 0.833. The van der Waals surface area contributed by atoms with Crippen LogP contribution < -0.4 is 5.32 Å². The van der Waals surface area contributed by atoms with Gasteiger partial charge in [0.15, 0.2) is 0 Å². The topological polar surface area (TPSA) is 69.6 Å². The highest BCUT2D eigenvalue weighted by Crippen LogP contribution is 2.18. The monoisotopic (exact) mass is 242 g/mol. The average molecular weight is 242 g/mol. The Hall–Kier alpha value is -1.26. The van der Waals surface area contributed by atoms with Gasteiger partial charge in [0.05, 0.1) is 0 Å². The molecule has 1 rings (SSSR count). The zero-order chi connectivity index (χ0) is 12.7. The van der Waals surface area contributed by atoms with E-state index < -0.39 is 5.97 Å². The molecular formula is C12H22N2O3. The van der Waals surface area contributed by atoms with Gasteiger partial charge in [-0.25, -0.2) is 4.79 Å². The number of likely N-dealkylation sites (tertiary alicyclic amines) is 1. The predicted molar refractivity (Wildman–Crippen MR) is 64.9 cm³/mol. The Morgan fingerprint density at radius 3 is 2.88 bits per heavy atom. The number of hydrogen-bond acceptors (Lipinski definition) is 2. The van der Waals surface area contributed by atoms with Crippen molar-refractivity contribution in [2.24, 2.45) is 5.92 Å². The van der Waals surface area contributed by atoms with Crippen LogP contribution in [0.3, 0.4) is 0 Å². The van der Waals surface area contributed by atoms with Crippen molar-refractivity contribution in [2.45, 2.75) is 39.0 Å². The number of amides is 2. The number of carbonyl (C=O) groups excluding carboxylic acids is 1. The van der Waals surface area contributed by atoms with Crippen molar-refractivity contribution < 1.29 is 14.7 Å². The number of aliphatic carboxylic acids is 1. The van der Waals surface area contributed by atoms with E-state index in [0.717, 1.165) is 25.9 Å². The van der Waals surface area contributed by atoms with Gasteiger partial charge in [0.1, 0.15) is 0 Å². The molecule has 0 bridgehead atoms. The Morgan fingerprint density at radius 2 is 2.24 bits per heavy atom. The summed E-state index contributed by atoms with van der Waals surface area (Å²) in [5.41, 5.74) is 0. The molecule has 0 radical (unpaired) electrons. The molecule has 5 heteroatoms. The van der Waals surface area contributed by atoms with Gasteiger partial charge in [-0.05, 0) is 25.2 Å². The second kappa shape index (κ2) is 7.14. The molecule has 0 aromatic rings. The van der Waals surface area contributed by atoms with E-state index in [4.69, 9.17) is 5.11 Å². The van der Waals surface area contributed by atoms with Crippen molar-refractivity contribution in [1.82, 2.24) is 10.2 Å². The number of carboxylic acids is 1. The van der Waals surface area contributed by atoms with Crippen LogP contribution in [0.15, 0.2) is 0 Å². The predicted octanol–water partition coefficient (Wildman–Crippen LogP) is 1.68. The zero-order valence-corrected chi connectivity index (χ0v) is 10.4. The molecule has 0 aromatic heterocycles. The van der Waals surface area contributed by atoms with Crippen molar-refractivity contribution in [1.29, 1.82) is 0 Å². The second-order valence-corrected chi connectivity index (χ2v) is 4.59. The van der Waals surface area contributed by atoms with E-state index in [1.807, 2.05) is 4.90 Å². The molecule has 1 saturated heterocycles. The van der Waals surface area contributed by atoms with Gasteiger partial charge in [0, 0.05) is 26.1 Å². The molecule has 2 N–H and O–H groups in total. The molecule has 1 atom stereocenters. The first kappa shape index (κ1) is 13.8. The third-order valence-electron chi connectivity index (χ3n) is 3.23. The smallest absolute Gasteiger partial charge is 0.317 e. The summed E-state index contributed by atoms with van der Waals surface area (Å²) in [5, 5.41) is 11.2. The van der Waals surface area contributed by atoms with E-state index in [1.54, 1.807) is 0 Å². The number of hydrogen-bond donors (Lipinski definition) is 2. The lowest BCUT2D eigenvalue weighted by atomic mass is 9.96. The van der Waals surface area contributed by atoms with Gasteiger partial charge in [-0.3, -0.25) is 4.79 Å². The molecule has 1 aliphatic rings. The maximum Gasteiger partial charge on any atom is 0.317 e. The lowest BCUT2D eigenvalue weighted by Crippen LogP contribution is -2.45. The number of nitrogens with one attached hydrogen (secondary N) is 1. The van der Waals surface area contributed by atoms with Crippen LogP contribution in [0, 0.1) is 5.92 Å². The third kappa shape index (κ3) is 5.06. The van der Waals surface area contributed by atoms with Gasteiger partial charge in [0.2, 0.25) is 0 Å². The van der Waals surface area contributed by atoms with Crippen LogP contribution in [0.5, 0.6) is 0 Å². The maximum absolute atomic E-state index is 11.8. The van der Waals surface area contributed by atoms with E-state index >= 15 is 0 Å². The molecule has 0 aromatic carbocycles. The highest BCUT2D eigenvalue weighted by atomic mass is 16.4. The number of rotatable bonds is 5. The average Bonchev–Trinajstić information content (AvgIpc) is 2.34. The number of nitrogens with zero attached hydrogens (tertiary/aromatic N) is 1. The van der Waals surface area contributed by atoms with Crippen molar-refractivity contribution >= 4 is 12.0 Å². The molecule has 1 heterocycles. The first-order chi connectivity index (χ1) is 8.13. The van der Waals surface area contributed by atoms with Crippen LogP contribution in [0.4, 0.5) is 4.79 Å². The molecule has 5 nitrogen and oxygen atoms in total. The van der Waals surface area contributed by atoms with Gasteiger partial charge < -0.3 is 15.3 Å². The minimum atomic E-state index is -0.816. The standard InChI is InChI=1S/C12H22N2O3/c1-2-10-5-4-8-14(9-10)12(17)13-7-3-6-11(15)16/h10H,2-9H2,1H3,(H,13,17)(H,15,16). The van der Waals surface area contributed by atoms with Gasteiger partial charge in [-0.2, -0.15) is 0 Å². The Balaban J connectivity index is 2.20. The maximum atomic E-state index is 11.8. The van der Waals surface area contributed by atoms with Crippen LogP contribution in [0.2, 0.25) is 0 Å². The molecule has 0 spiro atoms. The van der Waals surface area contributed by atoms with Crippen molar-refractivity contribution in [3.05, 3.63) is 0 Å². The molecule has 1 aliphatic heterocycles. The van der Waals surface area contributed by atoms with Crippen LogP contribution in [-0.4, -0.2) is 41.6 Å². The van der Waals surface area contributed by atoms with Crippen LogP contribution in [-0.2, 0) is 4.79 Å². The van der Waals surface area contributed by atoms with Gasteiger partial charge in [0.25, 0.3) is 0 Å². The molecular weight excluding hydrogens is 220 g/mol. The first-order valence-corrected chi connectivity index (χ1v) is 6.38. The summed E-state index contributed by atoms with van der Waals surface area (Å²) in [6.07, 6.45) is 3.99. The van der Waals surface area contributed by atoms with Gasteiger partial charge in [-0.1, -0.05) is 13.3 Å². The molecule has 0 saturated carbocycles. The molecule has 98 valence electrons. The van der Waals surface area contributed by atoms with E-state index in [1.165, 1.54) is 6.42 Å². The Bertz CT molecular complexity index is 268. The normalized spacial score (nSPS) is 20.1. The molecule has 17 heavy (non-hydrogen) atoms. The van der Waals surface area contributed by atoms with Crippen molar-refractivity contribution in [3.63, 3.8) is 0 Å². The fourth-order valence-corrected chi connectivity index (χ4v) is 2.13. The zero-order valence-electron chi connectivity index (χ0n) is 10.4. The fourth-order valence-electron chi connectivity index (χ4n) is 2.13. The SMILES string of the molecule is CCC1CCCN(C(=O)NCCCC(=O)O)C1. The Kier molecular flexibility index (Phi) is 5.80. The number of urea groups is 1. The lowest BCUT2D eigenvalue weighted by Gasteiger charge is -2.32. The Labute approximate surface area is 102 Å². The van der Waals surface area contributed by atoms with Crippen molar-refractivity contribution in [3.8, 4) is 0 Å². The number of carboxylic acid groups (broad SMARTS) is 1. The summed E-state index contributed by atoms with van der Waals surface area (Å²) in [7, 11) is 0. The number of carbonyl (C=O) groups is 2. The van der Waals surface area contributed by atoms with E-state index in [-0.39, 0.29) is 12.5 Å². The summed E-state index contributed by atoms with van der Waals surface area (Å²) < 4.78 is 0. The second-order valence-electron chi connectivity index (χ2n) is 4.59.